The van der Waals surface area contributed by atoms with Gasteiger partial charge in [-0.2, -0.15) is 12.6 Å². The van der Waals surface area contributed by atoms with Crippen LogP contribution in [-0.2, 0) is 33.6 Å². The van der Waals surface area contributed by atoms with Gasteiger partial charge in [0, 0.05) is 12.2 Å². The van der Waals surface area contributed by atoms with Gasteiger partial charge in [-0.15, -0.1) is 0 Å². The standard InChI is InChI=1S/C30H56N8O10S/c1-16(2)14-22(37-25(42)18(33)15-49)29(46)36-21(10-11-23(40)41)27(44)34-19(8-4-6-12-31)26(43)35-20(9-5-7-13-32)28(45)38-24(17(3)39)30(47)48/h16-22,24,39,49H,4-15,31-33H2,1-3H3,(H,34,44)(H,35,43)(H,36,46)(H,37,42)(H,38,45)(H,40,41)(H,47,48)/t17-,18+,19+,20+,21+,22+,24+/m1/s1. The molecule has 0 aromatic heterocycles. The van der Waals surface area contributed by atoms with Crippen LogP contribution in [0.5, 0.6) is 0 Å². The van der Waals surface area contributed by atoms with Gasteiger partial charge in [-0.25, -0.2) is 4.79 Å². The molecular formula is C30H56N8O10S. The first-order valence-corrected chi connectivity index (χ1v) is 17.0. The summed E-state index contributed by atoms with van der Waals surface area (Å²) in [5.41, 5.74) is 16.9. The second kappa shape index (κ2) is 24.6. The van der Waals surface area contributed by atoms with Crippen molar-refractivity contribution in [1.82, 2.24) is 26.6 Å². The summed E-state index contributed by atoms with van der Waals surface area (Å²) < 4.78 is 0. The maximum Gasteiger partial charge on any atom is 0.328 e. The van der Waals surface area contributed by atoms with E-state index in [1.807, 2.05) is 0 Å². The maximum atomic E-state index is 13.6. The first-order chi connectivity index (χ1) is 23.0. The molecule has 0 aliphatic carbocycles. The Morgan fingerprint density at radius 1 is 0.633 bits per heavy atom. The molecule has 0 aliphatic rings. The lowest BCUT2D eigenvalue weighted by atomic mass is 10.0. The molecule has 0 saturated heterocycles. The van der Waals surface area contributed by atoms with Crippen molar-refractivity contribution in [3.8, 4) is 0 Å². The number of carboxylic acids is 2. The fourth-order valence-electron chi connectivity index (χ4n) is 4.58. The number of aliphatic hydroxyl groups is 1. The number of carboxylic acid groups (broad SMARTS) is 2. The van der Waals surface area contributed by atoms with Gasteiger partial charge in [0.1, 0.15) is 24.2 Å². The van der Waals surface area contributed by atoms with Gasteiger partial charge in [-0.05, 0) is 77.3 Å². The lowest BCUT2D eigenvalue weighted by Gasteiger charge is -2.27. The molecule has 0 bridgehead atoms. The van der Waals surface area contributed by atoms with Crippen LogP contribution in [0.3, 0.4) is 0 Å². The topological polar surface area (TPSA) is 318 Å². The smallest absolute Gasteiger partial charge is 0.328 e. The normalized spacial score (nSPS) is 15.4. The summed E-state index contributed by atoms with van der Waals surface area (Å²) in [5, 5.41) is 40.8. The van der Waals surface area contributed by atoms with Crippen LogP contribution in [0.4, 0.5) is 0 Å². The van der Waals surface area contributed by atoms with Crippen LogP contribution in [0, 0.1) is 5.92 Å². The monoisotopic (exact) mass is 720 g/mol. The Labute approximate surface area is 292 Å². The molecule has 18 nitrogen and oxygen atoms in total. The number of aliphatic hydroxyl groups excluding tert-OH is 1. The highest BCUT2D eigenvalue weighted by Crippen LogP contribution is 2.10. The SMILES string of the molecule is CC(C)C[C@H](NC(=O)[C@@H](N)CS)C(=O)N[C@@H](CCC(=O)O)C(=O)N[C@@H](CCCCN)C(=O)N[C@@H](CCCCN)C(=O)N[C@H](C(=O)O)[C@@H](C)O. The van der Waals surface area contributed by atoms with Gasteiger partial charge < -0.3 is 59.1 Å². The van der Waals surface area contributed by atoms with Crippen LogP contribution >= 0.6 is 12.6 Å². The zero-order valence-corrected chi connectivity index (χ0v) is 29.4. The summed E-state index contributed by atoms with van der Waals surface area (Å²) >= 11 is 3.99. The largest absolute Gasteiger partial charge is 0.481 e. The highest BCUT2D eigenvalue weighted by molar-refractivity contribution is 7.80. The fraction of sp³-hybridized carbons (Fsp3) is 0.767. The van der Waals surface area contributed by atoms with Crippen LogP contribution in [0.25, 0.3) is 0 Å². The quantitative estimate of drug-likeness (QED) is 0.0320. The molecule has 7 atom stereocenters. The van der Waals surface area contributed by atoms with E-state index in [2.05, 4.69) is 39.2 Å². The van der Waals surface area contributed by atoms with Crippen molar-refractivity contribution in [2.24, 2.45) is 23.1 Å². The zero-order valence-electron chi connectivity index (χ0n) is 28.5. The number of rotatable bonds is 26. The molecule has 0 aliphatic heterocycles. The molecule has 282 valence electrons. The third kappa shape index (κ3) is 18.7. The van der Waals surface area contributed by atoms with Crippen LogP contribution in [-0.4, -0.2) is 118 Å². The summed E-state index contributed by atoms with van der Waals surface area (Å²) in [6, 6.07) is -7.76. The molecule has 0 rings (SSSR count). The first kappa shape index (κ1) is 45.5. The van der Waals surface area contributed by atoms with Crippen molar-refractivity contribution in [2.75, 3.05) is 18.8 Å². The molecular weight excluding hydrogens is 664 g/mol. The molecule has 0 saturated carbocycles. The summed E-state index contributed by atoms with van der Waals surface area (Å²) in [5.74, 6) is -6.81. The zero-order chi connectivity index (χ0) is 37.7. The highest BCUT2D eigenvalue weighted by Gasteiger charge is 2.33. The van der Waals surface area contributed by atoms with Gasteiger partial charge in [0.05, 0.1) is 12.1 Å². The molecule has 0 aromatic rings. The number of carbonyl (C=O) groups excluding carboxylic acids is 5. The van der Waals surface area contributed by atoms with Gasteiger partial charge in [0.15, 0.2) is 6.04 Å². The van der Waals surface area contributed by atoms with Crippen molar-refractivity contribution < 1.29 is 48.9 Å². The molecule has 0 spiro atoms. The van der Waals surface area contributed by atoms with Gasteiger partial charge in [0.2, 0.25) is 29.5 Å². The number of amides is 5. The minimum absolute atomic E-state index is 0.00926. The number of unbranched alkanes of at least 4 members (excludes halogenated alkanes) is 2. The van der Waals surface area contributed by atoms with E-state index >= 15 is 0 Å². The molecule has 14 N–H and O–H groups in total. The predicted octanol–water partition coefficient (Wildman–Crippen LogP) is -2.70. The van der Waals surface area contributed by atoms with Crippen LogP contribution in [0.1, 0.15) is 78.6 Å². The number of nitrogens with one attached hydrogen (secondary N) is 5. The Kier molecular flexibility index (Phi) is 22.8. The number of carbonyl (C=O) groups is 7. The van der Waals surface area contributed by atoms with Crippen molar-refractivity contribution in [2.45, 2.75) is 121 Å². The van der Waals surface area contributed by atoms with Gasteiger partial charge in [-0.1, -0.05) is 13.8 Å². The van der Waals surface area contributed by atoms with E-state index in [0.717, 1.165) is 0 Å². The Bertz CT molecular complexity index is 1100. The summed E-state index contributed by atoms with van der Waals surface area (Å²) in [6.07, 6.45) is -0.363. The van der Waals surface area contributed by atoms with Gasteiger partial charge >= 0.3 is 11.9 Å². The fourth-order valence-corrected chi connectivity index (χ4v) is 4.75. The molecule has 5 amide bonds. The lowest BCUT2D eigenvalue weighted by molar-refractivity contribution is -0.145. The molecule has 49 heavy (non-hydrogen) atoms. The Hall–Kier alpha value is -3.52. The minimum Gasteiger partial charge on any atom is -0.481 e. The Balaban J connectivity index is 6.24. The van der Waals surface area contributed by atoms with E-state index < -0.39 is 90.3 Å². The van der Waals surface area contributed by atoms with Gasteiger partial charge in [0.25, 0.3) is 0 Å². The number of thiol groups is 1. The van der Waals surface area contributed by atoms with Crippen LogP contribution < -0.4 is 43.8 Å². The molecule has 19 heteroatoms. The van der Waals surface area contributed by atoms with E-state index in [1.165, 1.54) is 6.92 Å². The third-order valence-electron chi connectivity index (χ3n) is 7.36. The first-order valence-electron chi connectivity index (χ1n) is 16.4. The number of aliphatic carboxylic acids is 2. The molecule has 0 aromatic carbocycles. The molecule has 0 fully saturated rings. The lowest BCUT2D eigenvalue weighted by Crippen LogP contribution is -2.60. The number of hydrogen-bond acceptors (Lipinski definition) is 12. The van der Waals surface area contributed by atoms with Crippen molar-refractivity contribution >= 4 is 54.1 Å². The summed E-state index contributed by atoms with van der Waals surface area (Å²) in [4.78, 5) is 88.9. The molecule has 0 heterocycles. The van der Waals surface area contributed by atoms with Crippen LogP contribution in [0.2, 0.25) is 0 Å². The molecule has 0 radical (unpaired) electrons. The maximum absolute atomic E-state index is 13.6. The second-order valence-electron chi connectivity index (χ2n) is 12.2. The third-order valence-corrected chi connectivity index (χ3v) is 7.75. The number of hydrogen-bond donors (Lipinski definition) is 12. The van der Waals surface area contributed by atoms with Gasteiger partial charge in [-0.3, -0.25) is 28.8 Å². The average molecular weight is 721 g/mol. The highest BCUT2D eigenvalue weighted by atomic mass is 32.1. The van der Waals surface area contributed by atoms with Crippen LogP contribution in [0.15, 0.2) is 0 Å². The molecule has 0 unspecified atom stereocenters. The number of nitrogens with two attached hydrogens (primary N) is 3. The average Bonchev–Trinajstić information content (AvgIpc) is 3.02. The predicted molar refractivity (Wildman–Crippen MR) is 183 cm³/mol. The Morgan fingerprint density at radius 3 is 1.41 bits per heavy atom. The van der Waals surface area contributed by atoms with E-state index in [4.69, 9.17) is 17.2 Å². The van der Waals surface area contributed by atoms with Crippen molar-refractivity contribution in [1.29, 1.82) is 0 Å². The summed E-state index contributed by atoms with van der Waals surface area (Å²) in [7, 11) is 0. The Morgan fingerprint density at radius 2 is 1.04 bits per heavy atom. The van der Waals surface area contributed by atoms with Crippen molar-refractivity contribution in [3.05, 3.63) is 0 Å². The summed E-state index contributed by atoms with van der Waals surface area (Å²) in [6.45, 7) is 5.36. The van der Waals surface area contributed by atoms with E-state index in [-0.39, 0.29) is 43.9 Å². The minimum atomic E-state index is -1.65. The van der Waals surface area contributed by atoms with E-state index in [0.29, 0.717) is 32.2 Å². The van der Waals surface area contributed by atoms with E-state index in [1.54, 1.807) is 13.8 Å². The van der Waals surface area contributed by atoms with E-state index in [9.17, 15) is 48.9 Å². The van der Waals surface area contributed by atoms with Crippen molar-refractivity contribution in [3.63, 3.8) is 0 Å². The second-order valence-corrected chi connectivity index (χ2v) is 12.6.